The van der Waals surface area contributed by atoms with Crippen LogP contribution in [0.1, 0.15) is 59.2 Å². The maximum atomic E-state index is 14.0. The zero-order chi connectivity index (χ0) is 24.1. The second kappa shape index (κ2) is 8.54. The average molecular weight is 486 g/mol. The van der Waals surface area contributed by atoms with E-state index in [2.05, 4.69) is 15.4 Å². The third-order valence-electron chi connectivity index (χ3n) is 6.49. The molecule has 1 aliphatic carbocycles. The van der Waals surface area contributed by atoms with Crippen LogP contribution in [0.3, 0.4) is 0 Å². The molecule has 5 rings (SSSR count). The fraction of sp³-hybridized carbons (Fsp3) is 0.417. The molecule has 1 aliphatic heterocycles. The molecule has 0 saturated heterocycles. The first-order chi connectivity index (χ1) is 16.2. The molecular weight excluding hydrogens is 461 g/mol. The lowest BCUT2D eigenvalue weighted by molar-refractivity contribution is -0.122. The lowest BCUT2D eigenvalue weighted by atomic mass is 9.89. The summed E-state index contributed by atoms with van der Waals surface area (Å²) >= 11 is 6.32. The Morgan fingerprint density at radius 2 is 2.03 bits per heavy atom. The number of carbonyl (C=O) groups is 2. The van der Waals surface area contributed by atoms with Crippen molar-refractivity contribution < 1.29 is 18.7 Å². The first-order valence-electron chi connectivity index (χ1n) is 11.3. The number of halogens is 2. The van der Waals surface area contributed by atoms with E-state index in [0.29, 0.717) is 54.3 Å². The Kier molecular flexibility index (Phi) is 5.67. The van der Waals surface area contributed by atoms with Crippen molar-refractivity contribution in [3.63, 3.8) is 0 Å². The summed E-state index contributed by atoms with van der Waals surface area (Å²) in [7, 11) is 0. The highest BCUT2D eigenvalue weighted by atomic mass is 35.5. The van der Waals surface area contributed by atoms with Crippen LogP contribution >= 0.6 is 11.6 Å². The van der Waals surface area contributed by atoms with Gasteiger partial charge in [-0.2, -0.15) is 5.10 Å². The zero-order valence-electron chi connectivity index (χ0n) is 19.2. The Hall–Kier alpha value is -3.20. The lowest BCUT2D eigenvalue weighted by Crippen LogP contribution is -2.49. The summed E-state index contributed by atoms with van der Waals surface area (Å²) in [4.78, 5) is 31.2. The normalized spacial score (nSPS) is 19.1. The number of hydrogen-bond donors (Lipinski definition) is 1. The number of hydrogen-bond acceptors (Lipinski definition) is 5. The summed E-state index contributed by atoms with van der Waals surface area (Å²) in [5.41, 5.74) is 4.16. The molecule has 0 unspecified atom stereocenters. The molecule has 2 aromatic heterocycles. The van der Waals surface area contributed by atoms with Gasteiger partial charge in [-0.3, -0.25) is 9.59 Å². The van der Waals surface area contributed by atoms with Gasteiger partial charge in [0.15, 0.2) is 5.65 Å². The van der Waals surface area contributed by atoms with Crippen molar-refractivity contribution in [2.24, 2.45) is 0 Å². The molecule has 1 fully saturated rings. The fourth-order valence-electron chi connectivity index (χ4n) is 4.49. The van der Waals surface area contributed by atoms with Crippen molar-refractivity contribution in [2.75, 3.05) is 0 Å². The monoisotopic (exact) mass is 485 g/mol. The topological polar surface area (TPSA) is 88.8 Å². The number of carbonyl (C=O) groups excluding carboxylic acids is 2. The molecule has 0 bridgehead atoms. The molecular formula is C24H25ClFN5O3. The second-order valence-corrected chi connectivity index (χ2v) is 9.27. The van der Waals surface area contributed by atoms with Crippen LogP contribution in [0.25, 0.3) is 5.65 Å². The van der Waals surface area contributed by atoms with Crippen molar-refractivity contribution in [2.45, 2.75) is 65.3 Å². The first kappa shape index (κ1) is 22.6. The van der Waals surface area contributed by atoms with Crippen molar-refractivity contribution in [1.29, 1.82) is 0 Å². The number of aryl methyl sites for hydroxylation is 2. The van der Waals surface area contributed by atoms with E-state index in [9.17, 15) is 14.0 Å². The van der Waals surface area contributed by atoms with Gasteiger partial charge in [0.2, 0.25) is 5.91 Å². The van der Waals surface area contributed by atoms with Gasteiger partial charge in [0, 0.05) is 36.9 Å². The minimum atomic E-state index is -0.476. The van der Waals surface area contributed by atoms with Gasteiger partial charge in [-0.05, 0) is 26.0 Å². The average Bonchev–Trinajstić information content (AvgIpc) is 3.34. The predicted octanol–water partition coefficient (Wildman–Crippen LogP) is 3.73. The molecule has 3 aromatic rings. The highest BCUT2D eigenvalue weighted by Gasteiger charge is 2.35. The molecule has 0 radical (unpaired) electrons. The number of rotatable bonds is 5. The van der Waals surface area contributed by atoms with Crippen molar-refractivity contribution in [3.05, 3.63) is 57.2 Å². The maximum Gasteiger partial charge on any atom is 0.258 e. The van der Waals surface area contributed by atoms with Gasteiger partial charge in [0.1, 0.15) is 17.7 Å². The molecule has 34 heavy (non-hydrogen) atoms. The van der Waals surface area contributed by atoms with Gasteiger partial charge >= 0.3 is 0 Å². The third-order valence-corrected chi connectivity index (χ3v) is 7.04. The van der Waals surface area contributed by atoms with E-state index in [1.165, 1.54) is 18.2 Å². The Labute approximate surface area is 201 Å². The molecule has 0 atom stereocenters. The van der Waals surface area contributed by atoms with Crippen molar-refractivity contribution in [1.82, 2.24) is 24.8 Å². The van der Waals surface area contributed by atoms with Crippen LogP contribution in [-0.4, -0.2) is 43.5 Å². The van der Waals surface area contributed by atoms with E-state index in [0.717, 1.165) is 17.0 Å². The van der Waals surface area contributed by atoms with E-state index in [1.54, 1.807) is 16.3 Å². The summed E-state index contributed by atoms with van der Waals surface area (Å²) in [5.74, 6) is -0.530. The van der Waals surface area contributed by atoms with E-state index < -0.39 is 5.82 Å². The molecule has 8 nitrogen and oxygen atoms in total. The van der Waals surface area contributed by atoms with Crippen LogP contribution in [0.15, 0.2) is 18.2 Å². The summed E-state index contributed by atoms with van der Waals surface area (Å²) < 4.78 is 21.7. The minimum absolute atomic E-state index is 0.00745. The van der Waals surface area contributed by atoms with E-state index in [-0.39, 0.29) is 29.7 Å². The van der Waals surface area contributed by atoms with Crippen LogP contribution in [0.2, 0.25) is 5.02 Å². The number of fused-ring (bicyclic) bond motifs is 3. The molecule has 3 heterocycles. The minimum Gasteiger partial charge on any atom is -0.489 e. The van der Waals surface area contributed by atoms with Crippen LogP contribution in [0.4, 0.5) is 4.39 Å². The zero-order valence-corrected chi connectivity index (χ0v) is 19.9. The summed E-state index contributed by atoms with van der Waals surface area (Å²) in [5, 5.41) is 8.11. The number of nitrogens with zero attached hydrogens (tertiary/aromatic N) is 4. The smallest absolute Gasteiger partial charge is 0.258 e. The summed E-state index contributed by atoms with van der Waals surface area (Å²) in [6.07, 6.45) is 1.48. The maximum absolute atomic E-state index is 14.0. The Morgan fingerprint density at radius 1 is 1.26 bits per heavy atom. The number of ether oxygens (including phenoxy) is 1. The number of nitrogens with one attached hydrogen (secondary N) is 1. The lowest BCUT2D eigenvalue weighted by Gasteiger charge is -2.36. The van der Waals surface area contributed by atoms with E-state index >= 15 is 0 Å². The molecule has 2 amide bonds. The molecule has 178 valence electrons. The molecule has 10 heteroatoms. The summed E-state index contributed by atoms with van der Waals surface area (Å²) in [6.45, 7) is 6.19. The second-order valence-electron chi connectivity index (χ2n) is 8.89. The van der Waals surface area contributed by atoms with Crippen LogP contribution < -0.4 is 10.1 Å². The van der Waals surface area contributed by atoms with E-state index in [1.807, 2.05) is 13.8 Å². The fourth-order valence-corrected chi connectivity index (χ4v) is 4.61. The highest BCUT2D eigenvalue weighted by Crippen LogP contribution is 2.33. The van der Waals surface area contributed by atoms with E-state index in [4.69, 9.17) is 16.3 Å². The standard InChI is InChI=1S/C24H25ClFN5O3/c1-4-21(32)28-15-8-16(9-15)34-20-7-14(26)5-6-17(20)24(33)30-10-18-19(11-30)29-31-13(3)22(25)12(2)27-23(18)31/h5-7,15-16H,4,8-11H2,1-3H3,(H,28,32)/t15-,16+. The van der Waals surface area contributed by atoms with Crippen LogP contribution in [0.5, 0.6) is 5.75 Å². The quantitative estimate of drug-likeness (QED) is 0.595. The van der Waals surface area contributed by atoms with Gasteiger partial charge in [0.25, 0.3) is 5.91 Å². The molecule has 1 N–H and O–H groups in total. The number of aromatic nitrogens is 3. The van der Waals surface area contributed by atoms with Gasteiger partial charge < -0.3 is 15.0 Å². The van der Waals surface area contributed by atoms with Crippen molar-refractivity contribution >= 4 is 29.1 Å². The first-order valence-corrected chi connectivity index (χ1v) is 11.7. The predicted molar refractivity (Wildman–Crippen MR) is 123 cm³/mol. The largest absolute Gasteiger partial charge is 0.489 e. The number of amides is 2. The molecule has 2 aliphatic rings. The number of benzene rings is 1. The Morgan fingerprint density at radius 3 is 2.76 bits per heavy atom. The van der Waals surface area contributed by atoms with Gasteiger partial charge in [-0.1, -0.05) is 18.5 Å². The summed E-state index contributed by atoms with van der Waals surface area (Å²) in [6, 6.07) is 4.00. The van der Waals surface area contributed by atoms with Crippen LogP contribution in [0, 0.1) is 19.7 Å². The van der Waals surface area contributed by atoms with Crippen LogP contribution in [-0.2, 0) is 17.9 Å². The molecule has 0 spiro atoms. The van der Waals surface area contributed by atoms with Gasteiger partial charge in [-0.15, -0.1) is 0 Å². The Balaban J connectivity index is 1.33. The molecule has 1 aromatic carbocycles. The van der Waals surface area contributed by atoms with Gasteiger partial charge in [0.05, 0.1) is 40.8 Å². The Bertz CT molecular complexity index is 1320. The third kappa shape index (κ3) is 3.87. The van der Waals surface area contributed by atoms with Gasteiger partial charge in [-0.25, -0.2) is 13.9 Å². The van der Waals surface area contributed by atoms with Crippen molar-refractivity contribution in [3.8, 4) is 5.75 Å². The SMILES string of the molecule is CCC(=O)N[C@H]1C[C@@H](Oc2cc(F)ccc2C(=O)N2Cc3nn4c(C)c(Cl)c(C)nc4c3C2)C1. The highest BCUT2D eigenvalue weighted by molar-refractivity contribution is 6.31. The molecule has 1 saturated carbocycles.